The van der Waals surface area contributed by atoms with Gasteiger partial charge in [-0.2, -0.15) is 13.2 Å². The summed E-state index contributed by atoms with van der Waals surface area (Å²) >= 11 is 5.13. The lowest BCUT2D eigenvalue weighted by Crippen LogP contribution is -2.38. The van der Waals surface area contributed by atoms with Gasteiger partial charge in [0.05, 0.1) is 6.04 Å². The molecule has 0 bridgehead atoms. The number of thiocarbonyl (C=S) groups is 1. The highest BCUT2D eigenvalue weighted by Crippen LogP contribution is 2.31. The number of carbonyl (C=O) groups is 1. The Balaban J connectivity index is 1.76. The van der Waals surface area contributed by atoms with Crippen LogP contribution in [0, 0.1) is 5.82 Å². The maximum absolute atomic E-state index is 12.9. The van der Waals surface area contributed by atoms with Crippen molar-refractivity contribution in [2.75, 3.05) is 5.32 Å². The van der Waals surface area contributed by atoms with E-state index in [1.165, 1.54) is 18.2 Å². The maximum atomic E-state index is 12.9. The van der Waals surface area contributed by atoms with E-state index in [-0.39, 0.29) is 22.7 Å². The zero-order chi connectivity index (χ0) is 20.5. The molecular formula is C18H13F4N3O2S. The number of benzene rings is 1. The van der Waals surface area contributed by atoms with Gasteiger partial charge < -0.3 is 15.7 Å². The Bertz CT molecular complexity index is 941. The summed E-state index contributed by atoms with van der Waals surface area (Å²) in [4.78, 5) is 15.7. The van der Waals surface area contributed by atoms with Gasteiger partial charge in [-0.05, 0) is 35.9 Å². The predicted molar refractivity (Wildman–Crippen MR) is 97.0 cm³/mol. The van der Waals surface area contributed by atoms with E-state index in [0.29, 0.717) is 11.3 Å². The van der Waals surface area contributed by atoms with Gasteiger partial charge in [-0.25, -0.2) is 4.39 Å². The van der Waals surface area contributed by atoms with E-state index in [2.05, 4.69) is 15.6 Å². The number of aromatic nitrogens is 1. The van der Waals surface area contributed by atoms with Crippen LogP contribution in [0.25, 0.3) is 0 Å². The zero-order valence-corrected chi connectivity index (χ0v) is 14.9. The van der Waals surface area contributed by atoms with E-state index in [1.54, 1.807) is 0 Å². The molecule has 5 nitrogen and oxygen atoms in total. The molecular weight excluding hydrogens is 398 g/mol. The third kappa shape index (κ3) is 4.28. The molecule has 1 aliphatic heterocycles. The predicted octanol–water partition coefficient (Wildman–Crippen LogP) is 4.05. The Morgan fingerprint density at radius 1 is 1.21 bits per heavy atom. The molecule has 1 unspecified atom stereocenters. The first kappa shape index (κ1) is 19.7. The van der Waals surface area contributed by atoms with E-state index in [0.717, 1.165) is 24.4 Å². The van der Waals surface area contributed by atoms with Crippen molar-refractivity contribution < 1.29 is 27.5 Å². The summed E-state index contributed by atoms with van der Waals surface area (Å²) in [7, 11) is 0. The molecule has 2 aromatic rings. The SMILES string of the molecule is O=C(Nc1ccc(F)cc1)C1=C(O)CC(c2ccc(C(F)(F)F)nc2)NC1=S. The van der Waals surface area contributed by atoms with Crippen LogP contribution in [0.3, 0.4) is 0 Å². The van der Waals surface area contributed by atoms with Crippen molar-refractivity contribution >= 4 is 28.8 Å². The standard InChI is InChI=1S/C18H13F4N3O2S/c19-10-2-4-11(5-3-10)24-16(27)15-13(26)7-12(25-17(15)28)9-1-6-14(23-8-9)18(20,21)22/h1-6,8,12,26H,7H2,(H,24,27)(H,25,28). The van der Waals surface area contributed by atoms with E-state index >= 15 is 0 Å². The number of carbonyl (C=O) groups excluding carboxylic acids is 1. The molecule has 0 spiro atoms. The lowest BCUT2D eigenvalue weighted by Gasteiger charge is -2.27. The second-order valence-corrected chi connectivity index (χ2v) is 6.40. The van der Waals surface area contributed by atoms with Gasteiger partial charge in [0, 0.05) is 18.3 Å². The van der Waals surface area contributed by atoms with Crippen LogP contribution in [0.5, 0.6) is 0 Å². The van der Waals surface area contributed by atoms with Crippen molar-refractivity contribution in [2.45, 2.75) is 18.6 Å². The van der Waals surface area contributed by atoms with Crippen molar-refractivity contribution in [1.82, 2.24) is 10.3 Å². The number of aliphatic hydroxyl groups excluding tert-OH is 1. The van der Waals surface area contributed by atoms with Crippen LogP contribution in [0.15, 0.2) is 53.9 Å². The van der Waals surface area contributed by atoms with E-state index in [4.69, 9.17) is 12.2 Å². The fraction of sp³-hybridized carbons (Fsp3) is 0.167. The molecule has 3 N–H and O–H groups in total. The first-order valence-corrected chi connectivity index (χ1v) is 8.39. The summed E-state index contributed by atoms with van der Waals surface area (Å²) < 4.78 is 50.8. The Hall–Kier alpha value is -3.01. The topological polar surface area (TPSA) is 74.2 Å². The van der Waals surface area contributed by atoms with E-state index < -0.39 is 29.6 Å². The van der Waals surface area contributed by atoms with Crippen molar-refractivity contribution in [1.29, 1.82) is 0 Å². The van der Waals surface area contributed by atoms with Crippen LogP contribution < -0.4 is 10.6 Å². The smallest absolute Gasteiger partial charge is 0.433 e. The summed E-state index contributed by atoms with van der Waals surface area (Å²) in [6.45, 7) is 0. The molecule has 1 amide bonds. The molecule has 0 fully saturated rings. The average Bonchev–Trinajstić information content (AvgIpc) is 2.62. The van der Waals surface area contributed by atoms with Crippen LogP contribution in [-0.4, -0.2) is 21.0 Å². The summed E-state index contributed by atoms with van der Waals surface area (Å²) in [5, 5.41) is 15.6. The van der Waals surface area contributed by atoms with E-state index in [9.17, 15) is 27.5 Å². The van der Waals surface area contributed by atoms with Crippen LogP contribution >= 0.6 is 12.2 Å². The molecule has 146 valence electrons. The second-order valence-electron chi connectivity index (χ2n) is 5.99. The van der Waals surface area contributed by atoms with Gasteiger partial charge in [0.25, 0.3) is 5.91 Å². The number of aliphatic hydroxyl groups is 1. The van der Waals surface area contributed by atoms with Crippen LogP contribution in [-0.2, 0) is 11.0 Å². The molecule has 10 heteroatoms. The Kier molecular flexibility index (Phi) is 5.32. The number of anilines is 1. The fourth-order valence-corrected chi connectivity index (χ4v) is 3.00. The first-order chi connectivity index (χ1) is 13.1. The largest absolute Gasteiger partial charge is 0.511 e. The lowest BCUT2D eigenvalue weighted by molar-refractivity contribution is -0.141. The molecule has 0 radical (unpaired) electrons. The van der Waals surface area contributed by atoms with E-state index in [1.807, 2.05) is 0 Å². The van der Waals surface area contributed by atoms with Gasteiger partial charge in [0.2, 0.25) is 0 Å². The summed E-state index contributed by atoms with van der Waals surface area (Å²) in [5.41, 5.74) is -0.507. The Morgan fingerprint density at radius 3 is 2.43 bits per heavy atom. The number of pyridine rings is 1. The van der Waals surface area contributed by atoms with Gasteiger partial charge in [0.1, 0.15) is 27.8 Å². The number of nitrogens with one attached hydrogen (secondary N) is 2. The van der Waals surface area contributed by atoms with Crippen molar-refractivity contribution in [2.24, 2.45) is 0 Å². The van der Waals surface area contributed by atoms with Crippen LogP contribution in [0.4, 0.5) is 23.2 Å². The van der Waals surface area contributed by atoms with Crippen molar-refractivity contribution in [3.63, 3.8) is 0 Å². The number of halogens is 4. The minimum Gasteiger partial charge on any atom is -0.511 e. The summed E-state index contributed by atoms with van der Waals surface area (Å²) in [5.74, 6) is -1.47. The normalized spacial score (nSPS) is 17.3. The average molecular weight is 411 g/mol. The van der Waals surface area contributed by atoms with Crippen LogP contribution in [0.1, 0.15) is 23.7 Å². The van der Waals surface area contributed by atoms with Gasteiger partial charge in [0.15, 0.2) is 0 Å². The number of nitrogens with zero attached hydrogens (tertiary/aromatic N) is 1. The highest BCUT2D eigenvalue weighted by atomic mass is 32.1. The molecule has 28 heavy (non-hydrogen) atoms. The van der Waals surface area contributed by atoms with Gasteiger partial charge in [-0.15, -0.1) is 0 Å². The van der Waals surface area contributed by atoms with Gasteiger partial charge >= 0.3 is 6.18 Å². The Morgan fingerprint density at radius 2 is 1.89 bits per heavy atom. The number of hydrogen-bond donors (Lipinski definition) is 3. The first-order valence-electron chi connectivity index (χ1n) is 7.98. The number of rotatable bonds is 3. The highest BCUT2D eigenvalue weighted by molar-refractivity contribution is 7.80. The quantitative estimate of drug-likeness (QED) is 0.525. The Labute approximate surface area is 162 Å². The summed E-state index contributed by atoms with van der Waals surface area (Å²) in [6, 6.07) is 6.44. The fourth-order valence-electron chi connectivity index (χ4n) is 2.65. The molecule has 1 atom stereocenters. The van der Waals surface area contributed by atoms with Crippen molar-refractivity contribution in [3.8, 4) is 0 Å². The molecule has 0 aliphatic carbocycles. The monoisotopic (exact) mass is 411 g/mol. The number of alkyl halides is 3. The summed E-state index contributed by atoms with van der Waals surface area (Å²) in [6.07, 6.45) is -3.58. The molecule has 0 saturated carbocycles. The number of hydrogen-bond acceptors (Lipinski definition) is 4. The van der Waals surface area contributed by atoms with Gasteiger partial charge in [-0.3, -0.25) is 9.78 Å². The zero-order valence-electron chi connectivity index (χ0n) is 14.0. The second kappa shape index (κ2) is 7.55. The molecule has 2 heterocycles. The molecule has 3 rings (SSSR count). The number of amides is 1. The minimum absolute atomic E-state index is 0.0618. The molecule has 0 saturated heterocycles. The highest BCUT2D eigenvalue weighted by Gasteiger charge is 2.33. The third-order valence-electron chi connectivity index (χ3n) is 4.03. The molecule has 1 aromatic carbocycles. The van der Waals surface area contributed by atoms with Gasteiger partial charge in [-0.1, -0.05) is 18.3 Å². The van der Waals surface area contributed by atoms with Crippen LogP contribution in [0.2, 0.25) is 0 Å². The molecule has 1 aromatic heterocycles. The molecule has 1 aliphatic rings. The van der Waals surface area contributed by atoms with Crippen molar-refractivity contribution in [3.05, 3.63) is 71.0 Å². The third-order valence-corrected chi connectivity index (χ3v) is 4.35. The minimum atomic E-state index is -4.55. The lowest BCUT2D eigenvalue weighted by atomic mass is 9.97. The maximum Gasteiger partial charge on any atom is 0.433 e.